The van der Waals surface area contributed by atoms with Gasteiger partial charge in [-0.15, -0.1) is 0 Å². The quantitative estimate of drug-likeness (QED) is 0.595. The van der Waals surface area contributed by atoms with Gasteiger partial charge in [0.05, 0.1) is 6.10 Å². The molecule has 1 saturated heterocycles. The van der Waals surface area contributed by atoms with Gasteiger partial charge in [0.15, 0.2) is 0 Å². The van der Waals surface area contributed by atoms with Crippen molar-refractivity contribution in [3.63, 3.8) is 0 Å². The SMILES string of the molecule is CC[C@H]1OC(OC(C)=O)C[C@H]1C. The summed E-state index contributed by atoms with van der Waals surface area (Å²) in [6.07, 6.45) is 1.77. The Morgan fingerprint density at radius 2 is 2.33 bits per heavy atom. The standard InChI is InChI=1S/C9H16O3/c1-4-8-6(2)5-9(12-8)11-7(3)10/h6,8-9H,4-5H2,1-3H3/t6-,8-,9?/m1/s1. The van der Waals surface area contributed by atoms with Gasteiger partial charge >= 0.3 is 5.97 Å². The Hall–Kier alpha value is -0.570. The van der Waals surface area contributed by atoms with Crippen molar-refractivity contribution in [2.24, 2.45) is 5.92 Å². The Balaban J connectivity index is 2.37. The van der Waals surface area contributed by atoms with Gasteiger partial charge in [0.2, 0.25) is 6.29 Å². The lowest BCUT2D eigenvalue weighted by molar-refractivity contribution is -0.172. The molecular weight excluding hydrogens is 156 g/mol. The Kier molecular flexibility index (Phi) is 3.09. The van der Waals surface area contributed by atoms with Crippen molar-refractivity contribution in [1.82, 2.24) is 0 Å². The molecule has 1 aliphatic rings. The molecule has 3 nitrogen and oxygen atoms in total. The highest BCUT2D eigenvalue weighted by Gasteiger charge is 2.32. The van der Waals surface area contributed by atoms with E-state index in [4.69, 9.17) is 9.47 Å². The molecule has 0 N–H and O–H groups in total. The maximum absolute atomic E-state index is 10.6. The molecule has 1 unspecified atom stereocenters. The number of ether oxygens (including phenoxy) is 2. The largest absolute Gasteiger partial charge is 0.436 e. The first-order chi connectivity index (χ1) is 5.63. The van der Waals surface area contributed by atoms with Crippen molar-refractivity contribution in [3.05, 3.63) is 0 Å². The smallest absolute Gasteiger partial charge is 0.304 e. The van der Waals surface area contributed by atoms with Gasteiger partial charge in [-0.25, -0.2) is 0 Å². The molecule has 0 aliphatic carbocycles. The number of hydrogen-bond acceptors (Lipinski definition) is 3. The normalized spacial score (nSPS) is 35.1. The predicted octanol–water partition coefficient (Wildman–Crippen LogP) is 1.71. The monoisotopic (exact) mass is 172 g/mol. The Bertz CT molecular complexity index is 167. The summed E-state index contributed by atoms with van der Waals surface area (Å²) in [7, 11) is 0. The minimum absolute atomic E-state index is 0.259. The van der Waals surface area contributed by atoms with Crippen LogP contribution in [0, 0.1) is 5.92 Å². The topological polar surface area (TPSA) is 35.5 Å². The van der Waals surface area contributed by atoms with Crippen molar-refractivity contribution < 1.29 is 14.3 Å². The fraction of sp³-hybridized carbons (Fsp3) is 0.889. The third kappa shape index (κ3) is 2.21. The van der Waals surface area contributed by atoms with E-state index in [0.717, 1.165) is 12.8 Å². The molecule has 0 aromatic heterocycles. The Morgan fingerprint density at radius 3 is 2.75 bits per heavy atom. The Morgan fingerprint density at radius 1 is 1.67 bits per heavy atom. The Labute approximate surface area is 73.0 Å². The van der Waals surface area contributed by atoms with Crippen molar-refractivity contribution in [2.45, 2.75) is 46.0 Å². The number of carbonyl (C=O) groups excluding carboxylic acids is 1. The van der Waals surface area contributed by atoms with E-state index in [2.05, 4.69) is 13.8 Å². The van der Waals surface area contributed by atoms with Crippen molar-refractivity contribution >= 4 is 5.97 Å². The van der Waals surface area contributed by atoms with Crippen LogP contribution >= 0.6 is 0 Å². The molecule has 70 valence electrons. The van der Waals surface area contributed by atoms with Crippen LogP contribution in [0.4, 0.5) is 0 Å². The van der Waals surface area contributed by atoms with Crippen LogP contribution in [0.5, 0.6) is 0 Å². The maximum Gasteiger partial charge on any atom is 0.304 e. The van der Waals surface area contributed by atoms with Crippen LogP contribution < -0.4 is 0 Å². The van der Waals surface area contributed by atoms with E-state index in [1.54, 1.807) is 0 Å². The average Bonchev–Trinajstić information content (AvgIpc) is 2.29. The lowest BCUT2D eigenvalue weighted by atomic mass is 10.0. The van der Waals surface area contributed by atoms with Gasteiger partial charge in [0.25, 0.3) is 0 Å². The highest BCUT2D eigenvalue weighted by molar-refractivity contribution is 5.66. The van der Waals surface area contributed by atoms with E-state index < -0.39 is 0 Å². The molecule has 0 aromatic rings. The van der Waals surface area contributed by atoms with Crippen LogP contribution in [0.25, 0.3) is 0 Å². The molecule has 12 heavy (non-hydrogen) atoms. The summed E-state index contributed by atoms with van der Waals surface area (Å²) in [5.41, 5.74) is 0. The molecule has 0 amide bonds. The first kappa shape index (κ1) is 9.52. The molecule has 0 spiro atoms. The van der Waals surface area contributed by atoms with Gasteiger partial charge in [-0.05, 0) is 12.3 Å². The highest BCUT2D eigenvalue weighted by Crippen LogP contribution is 2.28. The summed E-state index contributed by atoms with van der Waals surface area (Å²) in [6.45, 7) is 5.61. The predicted molar refractivity (Wildman–Crippen MR) is 44.5 cm³/mol. The van der Waals surface area contributed by atoms with E-state index in [9.17, 15) is 4.79 Å². The van der Waals surface area contributed by atoms with Gasteiger partial charge in [-0.2, -0.15) is 0 Å². The fourth-order valence-corrected chi connectivity index (χ4v) is 1.60. The molecule has 0 saturated carbocycles. The molecular formula is C9H16O3. The summed E-state index contributed by atoms with van der Waals surface area (Å²) in [4.78, 5) is 10.6. The molecule has 3 atom stereocenters. The maximum atomic E-state index is 10.6. The zero-order valence-electron chi connectivity index (χ0n) is 7.87. The van der Waals surface area contributed by atoms with Gasteiger partial charge in [-0.3, -0.25) is 4.79 Å². The van der Waals surface area contributed by atoms with Crippen LogP contribution in [0.1, 0.15) is 33.6 Å². The first-order valence-electron chi connectivity index (χ1n) is 4.46. The van der Waals surface area contributed by atoms with E-state index >= 15 is 0 Å². The van der Waals surface area contributed by atoms with Crippen LogP contribution in [0.3, 0.4) is 0 Å². The third-order valence-corrected chi connectivity index (χ3v) is 2.23. The first-order valence-corrected chi connectivity index (χ1v) is 4.46. The molecule has 0 radical (unpaired) electrons. The summed E-state index contributed by atoms with van der Waals surface area (Å²) in [5, 5.41) is 0. The second kappa shape index (κ2) is 3.90. The van der Waals surface area contributed by atoms with E-state index in [1.807, 2.05) is 0 Å². The minimum Gasteiger partial charge on any atom is -0.436 e. The molecule has 1 rings (SSSR count). The van der Waals surface area contributed by atoms with Gasteiger partial charge in [0, 0.05) is 13.3 Å². The highest BCUT2D eigenvalue weighted by atomic mass is 16.7. The second-order valence-corrected chi connectivity index (χ2v) is 3.33. The summed E-state index contributed by atoms with van der Waals surface area (Å²) < 4.78 is 10.4. The molecule has 3 heteroatoms. The zero-order valence-corrected chi connectivity index (χ0v) is 7.87. The second-order valence-electron chi connectivity index (χ2n) is 3.33. The number of carbonyl (C=O) groups is 1. The van der Waals surface area contributed by atoms with Crippen LogP contribution in [0.15, 0.2) is 0 Å². The van der Waals surface area contributed by atoms with Crippen molar-refractivity contribution in [3.8, 4) is 0 Å². The molecule has 1 aliphatic heterocycles. The van der Waals surface area contributed by atoms with Crippen LogP contribution in [-0.2, 0) is 14.3 Å². The fourth-order valence-electron chi connectivity index (χ4n) is 1.60. The molecule has 0 bridgehead atoms. The lowest BCUT2D eigenvalue weighted by Gasteiger charge is -2.12. The lowest BCUT2D eigenvalue weighted by Crippen LogP contribution is -2.16. The summed E-state index contributed by atoms with van der Waals surface area (Å²) in [5.74, 6) is 0.239. The van der Waals surface area contributed by atoms with Crippen molar-refractivity contribution in [2.75, 3.05) is 0 Å². The summed E-state index contributed by atoms with van der Waals surface area (Å²) in [6, 6.07) is 0. The third-order valence-electron chi connectivity index (χ3n) is 2.23. The summed E-state index contributed by atoms with van der Waals surface area (Å²) >= 11 is 0. The van der Waals surface area contributed by atoms with E-state index in [-0.39, 0.29) is 18.4 Å². The molecule has 1 heterocycles. The van der Waals surface area contributed by atoms with Crippen LogP contribution in [0.2, 0.25) is 0 Å². The molecule has 0 aromatic carbocycles. The minimum atomic E-state index is -0.303. The number of esters is 1. The number of hydrogen-bond donors (Lipinski definition) is 0. The molecule has 1 fully saturated rings. The van der Waals surface area contributed by atoms with Crippen LogP contribution in [-0.4, -0.2) is 18.4 Å². The zero-order chi connectivity index (χ0) is 9.14. The van der Waals surface area contributed by atoms with Gasteiger partial charge in [0.1, 0.15) is 0 Å². The number of rotatable bonds is 2. The van der Waals surface area contributed by atoms with E-state index in [0.29, 0.717) is 5.92 Å². The van der Waals surface area contributed by atoms with Gasteiger partial charge < -0.3 is 9.47 Å². The average molecular weight is 172 g/mol. The van der Waals surface area contributed by atoms with Crippen molar-refractivity contribution in [1.29, 1.82) is 0 Å². The van der Waals surface area contributed by atoms with Gasteiger partial charge in [-0.1, -0.05) is 13.8 Å². The van der Waals surface area contributed by atoms with E-state index in [1.165, 1.54) is 6.92 Å².